The number of nitrogens with zero attached hydrogens (tertiary/aromatic N) is 1. The van der Waals surface area contributed by atoms with Gasteiger partial charge in [-0.05, 0) is 49.4 Å². The van der Waals surface area contributed by atoms with Crippen LogP contribution in [0.3, 0.4) is 0 Å². The number of halogens is 1. The SMILES string of the molecule is CC(C)(C)CC(C)(C)NCc1ccc(Cl)c2cccnc12. The number of hydrogen-bond acceptors (Lipinski definition) is 2. The summed E-state index contributed by atoms with van der Waals surface area (Å²) in [5.74, 6) is 0. The molecule has 0 aliphatic heterocycles. The highest BCUT2D eigenvalue weighted by molar-refractivity contribution is 6.35. The van der Waals surface area contributed by atoms with Crippen molar-refractivity contribution < 1.29 is 0 Å². The van der Waals surface area contributed by atoms with Crippen LogP contribution in [-0.4, -0.2) is 10.5 Å². The summed E-state index contributed by atoms with van der Waals surface area (Å²) in [5.41, 5.74) is 2.57. The maximum Gasteiger partial charge on any atom is 0.0761 e. The van der Waals surface area contributed by atoms with Gasteiger partial charge in [0.05, 0.1) is 5.52 Å². The van der Waals surface area contributed by atoms with Crippen LogP contribution >= 0.6 is 11.6 Å². The molecule has 2 nitrogen and oxygen atoms in total. The third-order valence-electron chi connectivity index (χ3n) is 3.53. The number of pyridine rings is 1. The van der Waals surface area contributed by atoms with Crippen LogP contribution in [0.2, 0.25) is 5.02 Å². The highest BCUT2D eigenvalue weighted by Gasteiger charge is 2.25. The average molecular weight is 305 g/mol. The Morgan fingerprint density at radius 3 is 2.48 bits per heavy atom. The molecule has 0 atom stereocenters. The van der Waals surface area contributed by atoms with E-state index < -0.39 is 0 Å². The average Bonchev–Trinajstić information content (AvgIpc) is 2.35. The van der Waals surface area contributed by atoms with Gasteiger partial charge in [0.25, 0.3) is 0 Å². The summed E-state index contributed by atoms with van der Waals surface area (Å²) >= 11 is 6.25. The minimum absolute atomic E-state index is 0.0823. The second kappa shape index (κ2) is 5.94. The van der Waals surface area contributed by atoms with Crippen molar-refractivity contribution in [3.8, 4) is 0 Å². The normalized spacial score (nSPS) is 12.9. The first-order valence-corrected chi connectivity index (χ1v) is 7.83. The zero-order valence-electron chi connectivity index (χ0n) is 13.6. The van der Waals surface area contributed by atoms with E-state index in [9.17, 15) is 0 Å². The molecule has 2 rings (SSSR count). The molecule has 0 aliphatic carbocycles. The molecule has 0 spiro atoms. The first-order chi connectivity index (χ1) is 9.68. The number of fused-ring (bicyclic) bond motifs is 1. The van der Waals surface area contributed by atoms with Crippen LogP contribution in [0, 0.1) is 5.41 Å². The van der Waals surface area contributed by atoms with Crippen LogP contribution in [0.1, 0.15) is 46.6 Å². The molecule has 3 heteroatoms. The summed E-state index contributed by atoms with van der Waals surface area (Å²) in [7, 11) is 0. The number of benzene rings is 1. The van der Waals surface area contributed by atoms with Gasteiger partial charge in [-0.1, -0.05) is 38.4 Å². The van der Waals surface area contributed by atoms with E-state index in [0.717, 1.165) is 28.9 Å². The quantitative estimate of drug-likeness (QED) is 0.840. The maximum absolute atomic E-state index is 6.25. The zero-order chi connectivity index (χ0) is 15.7. The van der Waals surface area contributed by atoms with E-state index in [-0.39, 0.29) is 5.54 Å². The predicted octanol–water partition coefficient (Wildman–Crippen LogP) is 5.19. The van der Waals surface area contributed by atoms with E-state index in [1.54, 1.807) is 0 Å². The molecule has 0 bridgehead atoms. The molecule has 2 aromatic rings. The fourth-order valence-electron chi connectivity index (χ4n) is 3.06. The molecular formula is C18H25ClN2. The Balaban J connectivity index is 2.19. The second-order valence-corrected chi connectivity index (χ2v) is 7.99. The molecule has 1 aromatic carbocycles. The molecular weight excluding hydrogens is 280 g/mol. The third-order valence-corrected chi connectivity index (χ3v) is 3.86. The van der Waals surface area contributed by atoms with Crippen LogP contribution in [0.5, 0.6) is 0 Å². The molecule has 21 heavy (non-hydrogen) atoms. The van der Waals surface area contributed by atoms with E-state index in [2.05, 4.69) is 51.0 Å². The molecule has 0 saturated heterocycles. The fourth-order valence-corrected chi connectivity index (χ4v) is 3.28. The van der Waals surface area contributed by atoms with Crippen LogP contribution in [0.25, 0.3) is 10.9 Å². The first-order valence-electron chi connectivity index (χ1n) is 7.45. The molecule has 114 valence electrons. The minimum Gasteiger partial charge on any atom is -0.308 e. The Morgan fingerprint density at radius 2 is 1.81 bits per heavy atom. The molecule has 1 aromatic heterocycles. The molecule has 0 saturated carbocycles. The zero-order valence-corrected chi connectivity index (χ0v) is 14.4. The van der Waals surface area contributed by atoms with Crippen molar-refractivity contribution in [2.24, 2.45) is 5.41 Å². The van der Waals surface area contributed by atoms with Crippen molar-refractivity contribution in [2.75, 3.05) is 0 Å². The Morgan fingerprint density at radius 1 is 1.10 bits per heavy atom. The van der Waals surface area contributed by atoms with Crippen molar-refractivity contribution in [2.45, 2.75) is 53.1 Å². The standard InChI is InChI=1S/C18H25ClN2/c1-17(2,3)12-18(4,5)21-11-13-8-9-15(19)14-7-6-10-20-16(13)14/h6-10,21H,11-12H2,1-5H3. The van der Waals surface area contributed by atoms with Gasteiger partial charge in [-0.25, -0.2) is 0 Å². The van der Waals surface area contributed by atoms with Gasteiger partial charge in [0.1, 0.15) is 0 Å². The summed E-state index contributed by atoms with van der Waals surface area (Å²) in [4.78, 5) is 4.49. The van der Waals surface area contributed by atoms with Crippen molar-refractivity contribution in [1.29, 1.82) is 0 Å². The van der Waals surface area contributed by atoms with Crippen LogP contribution < -0.4 is 5.32 Å². The van der Waals surface area contributed by atoms with Crippen molar-refractivity contribution in [3.05, 3.63) is 41.0 Å². The van der Waals surface area contributed by atoms with E-state index >= 15 is 0 Å². The van der Waals surface area contributed by atoms with Gasteiger partial charge in [0, 0.05) is 28.7 Å². The minimum atomic E-state index is 0.0823. The molecule has 0 amide bonds. The number of hydrogen-bond donors (Lipinski definition) is 1. The Labute approximate surface area is 132 Å². The van der Waals surface area contributed by atoms with Gasteiger partial charge in [0.2, 0.25) is 0 Å². The van der Waals surface area contributed by atoms with E-state index in [0.29, 0.717) is 5.41 Å². The van der Waals surface area contributed by atoms with Crippen molar-refractivity contribution in [3.63, 3.8) is 0 Å². The van der Waals surface area contributed by atoms with Crippen LogP contribution in [0.15, 0.2) is 30.5 Å². The Hall–Kier alpha value is -1.12. The van der Waals surface area contributed by atoms with E-state index in [1.807, 2.05) is 24.4 Å². The lowest BCUT2D eigenvalue weighted by atomic mass is 9.81. The van der Waals surface area contributed by atoms with E-state index in [4.69, 9.17) is 11.6 Å². The van der Waals surface area contributed by atoms with Gasteiger partial charge in [0.15, 0.2) is 0 Å². The highest BCUT2D eigenvalue weighted by atomic mass is 35.5. The highest BCUT2D eigenvalue weighted by Crippen LogP contribution is 2.28. The molecule has 0 fully saturated rings. The van der Waals surface area contributed by atoms with Crippen LogP contribution in [-0.2, 0) is 6.54 Å². The second-order valence-electron chi connectivity index (χ2n) is 7.58. The summed E-state index contributed by atoms with van der Waals surface area (Å²) in [6, 6.07) is 7.97. The van der Waals surface area contributed by atoms with Gasteiger partial charge >= 0.3 is 0 Å². The fraction of sp³-hybridized carbons (Fsp3) is 0.500. The Kier molecular flexibility index (Phi) is 4.60. The van der Waals surface area contributed by atoms with Crippen LogP contribution in [0.4, 0.5) is 0 Å². The van der Waals surface area contributed by atoms with Gasteiger partial charge in [-0.2, -0.15) is 0 Å². The van der Waals surface area contributed by atoms with Gasteiger partial charge < -0.3 is 5.32 Å². The lowest BCUT2D eigenvalue weighted by Gasteiger charge is -2.33. The lowest BCUT2D eigenvalue weighted by Crippen LogP contribution is -2.41. The molecule has 0 unspecified atom stereocenters. The Bertz CT molecular complexity index is 627. The van der Waals surface area contributed by atoms with Gasteiger partial charge in [-0.15, -0.1) is 0 Å². The summed E-state index contributed by atoms with van der Waals surface area (Å²) < 4.78 is 0. The molecule has 1 N–H and O–H groups in total. The van der Waals surface area contributed by atoms with Crippen molar-refractivity contribution >= 4 is 22.5 Å². The smallest absolute Gasteiger partial charge is 0.0761 e. The monoisotopic (exact) mass is 304 g/mol. The summed E-state index contributed by atoms with van der Waals surface area (Å²) in [6.07, 6.45) is 2.93. The molecule has 1 heterocycles. The predicted molar refractivity (Wildman–Crippen MR) is 91.7 cm³/mol. The van der Waals surface area contributed by atoms with Gasteiger partial charge in [-0.3, -0.25) is 4.98 Å². The van der Waals surface area contributed by atoms with E-state index in [1.165, 1.54) is 5.56 Å². The lowest BCUT2D eigenvalue weighted by molar-refractivity contribution is 0.241. The first kappa shape index (κ1) is 16.3. The number of nitrogens with one attached hydrogen (secondary N) is 1. The summed E-state index contributed by atoms with van der Waals surface area (Å²) in [6.45, 7) is 12.1. The topological polar surface area (TPSA) is 24.9 Å². The number of rotatable bonds is 4. The maximum atomic E-state index is 6.25. The van der Waals surface area contributed by atoms with Crippen molar-refractivity contribution in [1.82, 2.24) is 10.3 Å². The third kappa shape index (κ3) is 4.42. The number of aromatic nitrogens is 1. The largest absolute Gasteiger partial charge is 0.308 e. The summed E-state index contributed by atoms with van der Waals surface area (Å²) in [5, 5.41) is 5.44. The molecule has 0 aliphatic rings. The molecule has 0 radical (unpaired) electrons.